The summed E-state index contributed by atoms with van der Waals surface area (Å²) in [5.41, 5.74) is 1.23. The molecule has 0 bridgehead atoms. The van der Waals surface area contributed by atoms with Gasteiger partial charge in [-0.2, -0.15) is 4.98 Å². The summed E-state index contributed by atoms with van der Waals surface area (Å²) in [6.45, 7) is 4.15. The van der Waals surface area contributed by atoms with Gasteiger partial charge in [0.1, 0.15) is 23.4 Å². The topological polar surface area (TPSA) is 69.6 Å². The molecule has 2 rings (SSSR count). The van der Waals surface area contributed by atoms with Gasteiger partial charge in [-0.25, -0.2) is 9.97 Å². The van der Waals surface area contributed by atoms with Gasteiger partial charge in [-0.1, -0.05) is 13.8 Å². The number of ether oxygens (including phenoxy) is 3. The van der Waals surface area contributed by atoms with Crippen molar-refractivity contribution in [3.05, 3.63) is 16.9 Å². The second kappa shape index (κ2) is 9.02. The van der Waals surface area contributed by atoms with Crippen molar-refractivity contribution in [3.63, 3.8) is 0 Å². The monoisotopic (exact) mass is 424 g/mol. The Bertz CT molecular complexity index is 751. The Kier molecular flexibility index (Phi) is 7.02. The molecule has 142 valence electrons. The number of halogens is 1. The molecule has 8 heteroatoms. The number of hydrogen-bond donors (Lipinski definition) is 0. The van der Waals surface area contributed by atoms with Crippen LogP contribution in [0.3, 0.4) is 0 Å². The minimum absolute atomic E-state index is 0.0757. The van der Waals surface area contributed by atoms with Gasteiger partial charge in [0.25, 0.3) is 5.88 Å². The highest BCUT2D eigenvalue weighted by Crippen LogP contribution is 2.38. The van der Waals surface area contributed by atoms with Gasteiger partial charge in [-0.05, 0) is 28.8 Å². The van der Waals surface area contributed by atoms with Gasteiger partial charge in [-0.3, -0.25) is 0 Å². The molecule has 0 spiro atoms. The van der Waals surface area contributed by atoms with Crippen LogP contribution in [-0.4, -0.2) is 49.4 Å². The Morgan fingerprint density at radius 3 is 2.31 bits per heavy atom. The third-order valence-electron chi connectivity index (χ3n) is 3.96. The summed E-state index contributed by atoms with van der Waals surface area (Å²) in [6.07, 6.45) is 3.55. The molecule has 0 aliphatic rings. The van der Waals surface area contributed by atoms with Crippen LogP contribution < -0.4 is 19.1 Å². The molecule has 0 saturated carbocycles. The molecule has 0 atom stereocenters. The van der Waals surface area contributed by atoms with Crippen molar-refractivity contribution in [1.29, 1.82) is 0 Å². The van der Waals surface area contributed by atoms with E-state index in [1.807, 2.05) is 25.1 Å². The lowest BCUT2D eigenvalue weighted by atomic mass is 10.2. The van der Waals surface area contributed by atoms with E-state index in [9.17, 15) is 0 Å². The van der Waals surface area contributed by atoms with Crippen LogP contribution in [-0.2, 0) is 0 Å². The number of pyridine rings is 1. The zero-order valence-corrected chi connectivity index (χ0v) is 17.6. The number of aromatic nitrogens is 3. The summed E-state index contributed by atoms with van der Waals surface area (Å²) < 4.78 is 17.4. The molecule has 0 aliphatic carbocycles. The summed E-state index contributed by atoms with van der Waals surface area (Å²) in [6, 6.07) is 1.85. The zero-order valence-electron chi connectivity index (χ0n) is 16.0. The van der Waals surface area contributed by atoms with E-state index in [0.717, 1.165) is 18.7 Å². The maximum absolute atomic E-state index is 5.93. The molecular formula is C18H25BrN4O3. The smallest absolute Gasteiger partial charge is 0.251 e. The minimum atomic E-state index is 0.0757. The summed E-state index contributed by atoms with van der Waals surface area (Å²) in [7, 11) is 7.00. The second-order valence-electron chi connectivity index (χ2n) is 5.87. The predicted octanol–water partition coefficient (Wildman–Crippen LogP) is 3.95. The molecule has 2 heterocycles. The fourth-order valence-corrected chi connectivity index (χ4v) is 2.77. The first-order valence-corrected chi connectivity index (χ1v) is 9.24. The summed E-state index contributed by atoms with van der Waals surface area (Å²) >= 11 is 3.46. The van der Waals surface area contributed by atoms with Crippen LogP contribution in [0.5, 0.6) is 17.5 Å². The number of nitrogens with zero attached hydrogens (tertiary/aromatic N) is 4. The lowest BCUT2D eigenvalue weighted by Gasteiger charge is -2.18. The van der Waals surface area contributed by atoms with E-state index in [1.165, 1.54) is 0 Å². The van der Waals surface area contributed by atoms with Crippen LogP contribution in [0.25, 0.3) is 11.3 Å². The average molecular weight is 425 g/mol. The third-order valence-corrected chi connectivity index (χ3v) is 4.48. The van der Waals surface area contributed by atoms with Crippen LogP contribution in [0, 0.1) is 0 Å². The van der Waals surface area contributed by atoms with Crippen LogP contribution in [0.15, 0.2) is 16.9 Å². The van der Waals surface area contributed by atoms with Crippen molar-refractivity contribution < 1.29 is 14.2 Å². The Balaban J connectivity index is 2.51. The maximum atomic E-state index is 5.93. The van der Waals surface area contributed by atoms with Crippen LogP contribution in [0.2, 0.25) is 0 Å². The average Bonchev–Trinajstić information content (AvgIpc) is 2.66. The van der Waals surface area contributed by atoms with Crippen LogP contribution in [0.4, 0.5) is 5.82 Å². The third kappa shape index (κ3) is 4.35. The molecule has 0 fully saturated rings. The van der Waals surface area contributed by atoms with Gasteiger partial charge < -0.3 is 19.1 Å². The molecule has 7 nitrogen and oxygen atoms in total. The Morgan fingerprint density at radius 2 is 1.77 bits per heavy atom. The van der Waals surface area contributed by atoms with E-state index in [1.54, 1.807) is 20.4 Å². The predicted molar refractivity (Wildman–Crippen MR) is 105 cm³/mol. The van der Waals surface area contributed by atoms with Gasteiger partial charge in [0, 0.05) is 26.4 Å². The molecule has 0 unspecified atom stereocenters. The Hall–Kier alpha value is -2.09. The SMILES string of the molecule is CCC(CC)Oc1nc(OC)c(-c2cnc(N(C)C)cc2OC)nc1Br. The number of rotatable bonds is 8. The van der Waals surface area contributed by atoms with Crippen molar-refractivity contribution in [3.8, 4) is 28.8 Å². The number of hydrogen-bond acceptors (Lipinski definition) is 7. The first kappa shape index (κ1) is 20.2. The van der Waals surface area contributed by atoms with E-state index in [4.69, 9.17) is 14.2 Å². The van der Waals surface area contributed by atoms with E-state index >= 15 is 0 Å². The van der Waals surface area contributed by atoms with E-state index in [0.29, 0.717) is 33.4 Å². The lowest BCUT2D eigenvalue weighted by molar-refractivity contribution is 0.180. The molecule has 2 aromatic heterocycles. The van der Waals surface area contributed by atoms with Crippen molar-refractivity contribution in [2.45, 2.75) is 32.8 Å². The highest BCUT2D eigenvalue weighted by Gasteiger charge is 2.21. The van der Waals surface area contributed by atoms with Crippen molar-refractivity contribution in [2.24, 2.45) is 0 Å². The molecule has 0 aromatic carbocycles. The molecule has 0 aliphatic heterocycles. The van der Waals surface area contributed by atoms with Crippen molar-refractivity contribution in [2.75, 3.05) is 33.2 Å². The van der Waals surface area contributed by atoms with E-state index in [-0.39, 0.29) is 6.10 Å². The van der Waals surface area contributed by atoms with E-state index < -0.39 is 0 Å². The van der Waals surface area contributed by atoms with Crippen molar-refractivity contribution in [1.82, 2.24) is 15.0 Å². The molecule has 0 N–H and O–H groups in total. The summed E-state index contributed by atoms with van der Waals surface area (Å²) in [5, 5.41) is 0. The molecule has 0 amide bonds. The lowest BCUT2D eigenvalue weighted by Crippen LogP contribution is -2.15. The molecule has 2 aromatic rings. The molecule has 26 heavy (non-hydrogen) atoms. The normalized spacial score (nSPS) is 10.8. The first-order valence-electron chi connectivity index (χ1n) is 8.44. The highest BCUT2D eigenvalue weighted by atomic mass is 79.9. The van der Waals surface area contributed by atoms with Gasteiger partial charge in [0.05, 0.1) is 19.8 Å². The molecule has 0 radical (unpaired) electrons. The molecular weight excluding hydrogens is 400 g/mol. The molecule has 0 saturated heterocycles. The second-order valence-corrected chi connectivity index (χ2v) is 6.62. The zero-order chi connectivity index (χ0) is 19.3. The van der Waals surface area contributed by atoms with Gasteiger partial charge in [0.2, 0.25) is 5.88 Å². The first-order chi connectivity index (χ1) is 12.4. The maximum Gasteiger partial charge on any atom is 0.251 e. The van der Waals surface area contributed by atoms with Gasteiger partial charge in [0.15, 0.2) is 4.60 Å². The van der Waals surface area contributed by atoms with Crippen molar-refractivity contribution >= 4 is 21.7 Å². The highest BCUT2D eigenvalue weighted by molar-refractivity contribution is 9.10. The van der Waals surface area contributed by atoms with Crippen LogP contribution in [0.1, 0.15) is 26.7 Å². The summed E-state index contributed by atoms with van der Waals surface area (Å²) in [4.78, 5) is 15.4. The number of methoxy groups -OCH3 is 2. The largest absolute Gasteiger partial charge is 0.496 e. The van der Waals surface area contributed by atoms with Gasteiger partial charge >= 0.3 is 0 Å². The minimum Gasteiger partial charge on any atom is -0.496 e. The van der Waals surface area contributed by atoms with E-state index in [2.05, 4.69) is 44.7 Å². The quantitative estimate of drug-likeness (QED) is 0.634. The standard InChI is InChI=1S/C18H25BrN4O3/c1-7-11(8-2)26-18-16(19)21-15(17(22-18)25-6)12-10-20-14(23(3)4)9-13(12)24-5/h9-11H,7-8H2,1-6H3. The van der Waals surface area contributed by atoms with Gasteiger partial charge in [-0.15, -0.1) is 0 Å². The summed E-state index contributed by atoms with van der Waals surface area (Å²) in [5.74, 6) is 2.19. The number of anilines is 1. The fourth-order valence-electron chi connectivity index (χ4n) is 2.41. The fraction of sp³-hybridized carbons (Fsp3) is 0.500. The Labute approximate surface area is 162 Å². The van der Waals surface area contributed by atoms with Crippen LogP contribution >= 0.6 is 15.9 Å². The Morgan fingerprint density at radius 1 is 1.08 bits per heavy atom.